The molecule has 3 nitrogen and oxygen atoms in total. The zero-order valence-corrected chi connectivity index (χ0v) is 12.4. The largest absolute Gasteiger partial charge is 0.483 e. The lowest BCUT2D eigenvalue weighted by atomic mass is 10.2. The number of benzene rings is 2. The van der Waals surface area contributed by atoms with Crippen molar-refractivity contribution in [2.45, 2.75) is 13.2 Å². The summed E-state index contributed by atoms with van der Waals surface area (Å²) >= 11 is 0. The van der Waals surface area contributed by atoms with Crippen molar-refractivity contribution in [2.24, 2.45) is 0 Å². The molecule has 0 atom stereocenters. The Balaban J connectivity index is 1.97. The van der Waals surface area contributed by atoms with Crippen LogP contribution in [0.5, 0.6) is 5.75 Å². The molecule has 2 aromatic carbocycles. The summed E-state index contributed by atoms with van der Waals surface area (Å²) in [5.41, 5.74) is 1.38. The summed E-state index contributed by atoms with van der Waals surface area (Å²) in [6.07, 6.45) is 0. The molecule has 0 spiro atoms. The van der Waals surface area contributed by atoms with E-state index in [0.29, 0.717) is 25.3 Å². The third-order valence-electron chi connectivity index (χ3n) is 3.10. The molecule has 0 aliphatic heterocycles. The Morgan fingerprint density at radius 2 is 1.68 bits per heavy atom. The van der Waals surface area contributed by atoms with Crippen LogP contribution < -0.4 is 10.1 Å². The fraction of sp³-hybridized carbons (Fsp3) is 0.294. The van der Waals surface area contributed by atoms with E-state index in [1.165, 1.54) is 12.1 Å². The zero-order chi connectivity index (χ0) is 15.8. The summed E-state index contributed by atoms with van der Waals surface area (Å²) in [4.78, 5) is 0. The molecule has 0 heterocycles. The van der Waals surface area contributed by atoms with E-state index in [4.69, 9.17) is 9.47 Å². The Kier molecular flexibility index (Phi) is 6.30. The highest BCUT2D eigenvalue weighted by Gasteiger charge is 2.12. The van der Waals surface area contributed by atoms with Crippen LogP contribution in [0, 0.1) is 11.6 Å². The molecule has 2 rings (SSSR count). The minimum atomic E-state index is -0.695. The first kappa shape index (κ1) is 16.4. The van der Waals surface area contributed by atoms with Crippen LogP contribution in [0.1, 0.15) is 11.1 Å². The van der Waals surface area contributed by atoms with Crippen molar-refractivity contribution in [3.8, 4) is 5.75 Å². The first-order valence-electron chi connectivity index (χ1n) is 7.05. The molecule has 1 N–H and O–H groups in total. The summed E-state index contributed by atoms with van der Waals surface area (Å²) in [5.74, 6) is -1.73. The van der Waals surface area contributed by atoms with E-state index >= 15 is 0 Å². The second-order valence-corrected chi connectivity index (χ2v) is 4.83. The van der Waals surface area contributed by atoms with Gasteiger partial charge in [0.2, 0.25) is 0 Å². The molecule has 0 radical (unpaired) electrons. The summed E-state index contributed by atoms with van der Waals surface area (Å²) in [5, 5.41) is 3.04. The molecule has 0 bridgehead atoms. The van der Waals surface area contributed by atoms with Crippen LogP contribution in [0.2, 0.25) is 0 Å². The SMILES string of the molecule is COCCNCc1cc(F)c(OCc2ccccc2)c(F)c1. The maximum Gasteiger partial charge on any atom is 0.191 e. The van der Waals surface area contributed by atoms with Crippen LogP contribution in [0.15, 0.2) is 42.5 Å². The van der Waals surface area contributed by atoms with Crippen LogP contribution in [-0.2, 0) is 17.9 Å². The Hall–Kier alpha value is -1.98. The topological polar surface area (TPSA) is 30.5 Å². The van der Waals surface area contributed by atoms with Crippen molar-refractivity contribution >= 4 is 0 Å². The Morgan fingerprint density at radius 1 is 1.00 bits per heavy atom. The highest BCUT2D eigenvalue weighted by atomic mass is 19.1. The van der Waals surface area contributed by atoms with Gasteiger partial charge >= 0.3 is 0 Å². The van der Waals surface area contributed by atoms with E-state index in [1.54, 1.807) is 7.11 Å². The molecule has 0 fully saturated rings. The van der Waals surface area contributed by atoms with Crippen molar-refractivity contribution in [1.82, 2.24) is 5.32 Å². The number of nitrogens with one attached hydrogen (secondary N) is 1. The smallest absolute Gasteiger partial charge is 0.191 e. The van der Waals surface area contributed by atoms with Gasteiger partial charge in [-0.05, 0) is 23.3 Å². The fourth-order valence-electron chi connectivity index (χ4n) is 1.99. The molecule has 0 aliphatic rings. The Bertz CT molecular complexity index is 567. The first-order valence-corrected chi connectivity index (χ1v) is 7.05. The minimum absolute atomic E-state index is 0.125. The molecule has 0 saturated heterocycles. The van der Waals surface area contributed by atoms with E-state index in [1.807, 2.05) is 30.3 Å². The Labute approximate surface area is 128 Å². The number of methoxy groups -OCH3 is 1. The number of halogens is 2. The molecule has 0 aliphatic carbocycles. The summed E-state index contributed by atoms with van der Waals surface area (Å²) in [7, 11) is 1.60. The lowest BCUT2D eigenvalue weighted by Crippen LogP contribution is -2.18. The van der Waals surface area contributed by atoms with Gasteiger partial charge < -0.3 is 14.8 Å². The average molecular weight is 307 g/mol. The predicted octanol–water partition coefficient (Wildman–Crippen LogP) is 3.28. The normalized spacial score (nSPS) is 10.7. The van der Waals surface area contributed by atoms with Gasteiger partial charge in [-0.1, -0.05) is 30.3 Å². The van der Waals surface area contributed by atoms with E-state index < -0.39 is 11.6 Å². The number of hydrogen-bond acceptors (Lipinski definition) is 3. The summed E-state index contributed by atoms with van der Waals surface area (Å²) in [6, 6.07) is 11.8. The van der Waals surface area contributed by atoms with Gasteiger partial charge in [-0.25, -0.2) is 8.78 Å². The van der Waals surface area contributed by atoms with Crippen LogP contribution >= 0.6 is 0 Å². The van der Waals surface area contributed by atoms with E-state index in [9.17, 15) is 8.78 Å². The number of hydrogen-bond donors (Lipinski definition) is 1. The maximum absolute atomic E-state index is 14.0. The zero-order valence-electron chi connectivity index (χ0n) is 12.4. The highest BCUT2D eigenvalue weighted by Crippen LogP contribution is 2.24. The summed E-state index contributed by atoms with van der Waals surface area (Å²) in [6.45, 7) is 1.66. The summed E-state index contributed by atoms with van der Waals surface area (Å²) < 4.78 is 38.1. The monoisotopic (exact) mass is 307 g/mol. The molecule has 118 valence electrons. The molecule has 0 amide bonds. The van der Waals surface area contributed by atoms with E-state index in [-0.39, 0.29) is 12.4 Å². The molecule has 0 saturated carbocycles. The lowest BCUT2D eigenvalue weighted by Gasteiger charge is -2.11. The first-order chi connectivity index (χ1) is 10.7. The van der Waals surface area contributed by atoms with Crippen LogP contribution in [0.25, 0.3) is 0 Å². The molecule has 2 aromatic rings. The van der Waals surface area contributed by atoms with Crippen molar-refractivity contribution in [1.29, 1.82) is 0 Å². The van der Waals surface area contributed by atoms with Crippen molar-refractivity contribution in [3.05, 3.63) is 65.2 Å². The lowest BCUT2D eigenvalue weighted by molar-refractivity contribution is 0.199. The van der Waals surface area contributed by atoms with E-state index in [0.717, 1.165) is 5.56 Å². The van der Waals surface area contributed by atoms with Crippen molar-refractivity contribution < 1.29 is 18.3 Å². The van der Waals surface area contributed by atoms with Gasteiger partial charge in [0.15, 0.2) is 17.4 Å². The van der Waals surface area contributed by atoms with Gasteiger partial charge in [0.05, 0.1) is 6.61 Å². The van der Waals surface area contributed by atoms with Gasteiger partial charge in [0, 0.05) is 20.2 Å². The highest BCUT2D eigenvalue weighted by molar-refractivity contribution is 5.31. The van der Waals surface area contributed by atoms with Crippen molar-refractivity contribution in [3.63, 3.8) is 0 Å². The molecular formula is C17H19F2NO2. The number of rotatable bonds is 8. The fourth-order valence-corrected chi connectivity index (χ4v) is 1.99. The molecular weight excluding hydrogens is 288 g/mol. The predicted molar refractivity (Wildman–Crippen MR) is 80.7 cm³/mol. The van der Waals surface area contributed by atoms with Gasteiger partial charge in [-0.15, -0.1) is 0 Å². The quantitative estimate of drug-likeness (QED) is 0.759. The van der Waals surface area contributed by atoms with Gasteiger partial charge in [-0.2, -0.15) is 0 Å². The van der Waals surface area contributed by atoms with Gasteiger partial charge in [0.1, 0.15) is 6.61 Å². The van der Waals surface area contributed by atoms with Crippen LogP contribution in [-0.4, -0.2) is 20.3 Å². The molecule has 0 unspecified atom stereocenters. The van der Waals surface area contributed by atoms with Crippen molar-refractivity contribution in [2.75, 3.05) is 20.3 Å². The third-order valence-corrected chi connectivity index (χ3v) is 3.10. The molecule has 5 heteroatoms. The standard InChI is InChI=1S/C17H19F2NO2/c1-21-8-7-20-11-14-9-15(18)17(16(19)10-14)22-12-13-5-3-2-4-6-13/h2-6,9-10,20H,7-8,11-12H2,1H3. The van der Waals surface area contributed by atoms with Crippen LogP contribution in [0.4, 0.5) is 8.78 Å². The maximum atomic E-state index is 14.0. The van der Waals surface area contributed by atoms with Gasteiger partial charge in [0.25, 0.3) is 0 Å². The van der Waals surface area contributed by atoms with Gasteiger partial charge in [-0.3, -0.25) is 0 Å². The third kappa shape index (κ3) is 4.79. The van der Waals surface area contributed by atoms with E-state index in [2.05, 4.69) is 5.32 Å². The Morgan fingerprint density at radius 3 is 2.32 bits per heavy atom. The molecule has 0 aromatic heterocycles. The molecule has 22 heavy (non-hydrogen) atoms. The minimum Gasteiger partial charge on any atom is -0.483 e. The second kappa shape index (κ2) is 8.46. The van der Waals surface area contributed by atoms with Crippen LogP contribution in [0.3, 0.4) is 0 Å². The second-order valence-electron chi connectivity index (χ2n) is 4.83. The average Bonchev–Trinajstić information content (AvgIpc) is 2.52. The number of ether oxygens (including phenoxy) is 2.